The van der Waals surface area contributed by atoms with Crippen LogP contribution in [0.4, 0.5) is 4.79 Å². The standard InChI is InChI=1S/C11H20N2O3/c1-7-5-8(6-7)12-10(16)13(4)11(2,3)9(14)15/h7-8H,5-6H2,1-4H3,(H,12,16)(H,14,15). The van der Waals surface area contributed by atoms with Crippen LogP contribution in [0.15, 0.2) is 0 Å². The highest BCUT2D eigenvalue weighted by Crippen LogP contribution is 2.26. The summed E-state index contributed by atoms with van der Waals surface area (Å²) in [5, 5.41) is 11.8. The summed E-state index contributed by atoms with van der Waals surface area (Å²) in [6.07, 6.45) is 1.96. The van der Waals surface area contributed by atoms with E-state index < -0.39 is 11.5 Å². The van der Waals surface area contributed by atoms with Crippen LogP contribution in [-0.4, -0.2) is 40.6 Å². The number of likely N-dealkylation sites (N-methyl/N-ethyl adjacent to an activating group) is 1. The molecule has 0 saturated heterocycles. The molecule has 5 nitrogen and oxygen atoms in total. The van der Waals surface area contributed by atoms with Crippen molar-refractivity contribution in [2.45, 2.75) is 45.2 Å². The summed E-state index contributed by atoms with van der Waals surface area (Å²) >= 11 is 0. The molecule has 5 heteroatoms. The van der Waals surface area contributed by atoms with Crippen LogP contribution in [0.25, 0.3) is 0 Å². The molecule has 1 aliphatic carbocycles. The summed E-state index contributed by atoms with van der Waals surface area (Å²) in [5.41, 5.74) is -1.18. The maximum atomic E-state index is 11.8. The monoisotopic (exact) mass is 228 g/mol. The van der Waals surface area contributed by atoms with Gasteiger partial charge in [-0.2, -0.15) is 0 Å². The number of hydrogen-bond acceptors (Lipinski definition) is 2. The van der Waals surface area contributed by atoms with Gasteiger partial charge in [0.2, 0.25) is 0 Å². The molecule has 16 heavy (non-hydrogen) atoms. The van der Waals surface area contributed by atoms with E-state index in [4.69, 9.17) is 5.11 Å². The second-order valence-electron chi connectivity index (χ2n) is 5.15. The number of carboxylic acids is 1. The normalized spacial score (nSPS) is 24.5. The third-order valence-electron chi connectivity index (χ3n) is 3.37. The lowest BCUT2D eigenvalue weighted by atomic mass is 9.82. The lowest BCUT2D eigenvalue weighted by Crippen LogP contribution is -2.57. The van der Waals surface area contributed by atoms with Crippen LogP contribution in [-0.2, 0) is 4.79 Å². The Morgan fingerprint density at radius 1 is 1.38 bits per heavy atom. The number of nitrogens with zero attached hydrogens (tertiary/aromatic N) is 1. The molecule has 0 atom stereocenters. The highest BCUT2D eigenvalue weighted by atomic mass is 16.4. The zero-order valence-corrected chi connectivity index (χ0v) is 10.3. The van der Waals surface area contributed by atoms with E-state index in [0.717, 1.165) is 12.8 Å². The van der Waals surface area contributed by atoms with Crippen molar-refractivity contribution in [2.24, 2.45) is 5.92 Å². The summed E-state index contributed by atoms with van der Waals surface area (Å²) in [6.45, 7) is 5.16. The Bertz CT molecular complexity index is 296. The number of hydrogen-bond donors (Lipinski definition) is 2. The van der Waals surface area contributed by atoms with Gasteiger partial charge in [-0.05, 0) is 32.6 Å². The Morgan fingerprint density at radius 3 is 2.25 bits per heavy atom. The number of nitrogens with one attached hydrogen (secondary N) is 1. The number of aliphatic carboxylic acids is 1. The molecule has 2 amide bonds. The van der Waals surface area contributed by atoms with Crippen molar-refractivity contribution < 1.29 is 14.7 Å². The van der Waals surface area contributed by atoms with Gasteiger partial charge in [-0.15, -0.1) is 0 Å². The molecule has 0 aromatic rings. The Morgan fingerprint density at radius 2 is 1.88 bits per heavy atom. The molecule has 0 heterocycles. The molecule has 0 unspecified atom stereocenters. The Labute approximate surface area is 95.8 Å². The second kappa shape index (κ2) is 4.31. The minimum atomic E-state index is -1.18. The second-order valence-corrected chi connectivity index (χ2v) is 5.15. The summed E-state index contributed by atoms with van der Waals surface area (Å²) in [4.78, 5) is 24.0. The number of carbonyl (C=O) groups excluding carboxylic acids is 1. The fourth-order valence-corrected chi connectivity index (χ4v) is 1.69. The van der Waals surface area contributed by atoms with Crippen molar-refractivity contribution in [3.63, 3.8) is 0 Å². The summed E-state index contributed by atoms with van der Waals surface area (Å²) < 4.78 is 0. The fourth-order valence-electron chi connectivity index (χ4n) is 1.69. The van der Waals surface area contributed by atoms with Gasteiger partial charge in [0.05, 0.1) is 0 Å². The van der Waals surface area contributed by atoms with E-state index in [-0.39, 0.29) is 12.1 Å². The van der Waals surface area contributed by atoms with Gasteiger partial charge in [-0.3, -0.25) is 0 Å². The molecule has 92 valence electrons. The van der Waals surface area contributed by atoms with Crippen molar-refractivity contribution in [1.82, 2.24) is 10.2 Å². The van der Waals surface area contributed by atoms with Gasteiger partial charge in [0.25, 0.3) is 0 Å². The van der Waals surface area contributed by atoms with Gasteiger partial charge >= 0.3 is 12.0 Å². The maximum Gasteiger partial charge on any atom is 0.329 e. The van der Waals surface area contributed by atoms with E-state index in [0.29, 0.717) is 5.92 Å². The van der Waals surface area contributed by atoms with Crippen molar-refractivity contribution in [2.75, 3.05) is 7.05 Å². The Kier molecular flexibility index (Phi) is 3.45. The molecule has 0 spiro atoms. The van der Waals surface area contributed by atoms with E-state index in [1.54, 1.807) is 0 Å². The largest absolute Gasteiger partial charge is 0.480 e. The Hall–Kier alpha value is -1.26. The zero-order chi connectivity index (χ0) is 12.5. The zero-order valence-electron chi connectivity index (χ0n) is 10.3. The summed E-state index contributed by atoms with van der Waals surface area (Å²) in [7, 11) is 1.51. The van der Waals surface area contributed by atoms with E-state index in [9.17, 15) is 9.59 Å². The third-order valence-corrected chi connectivity index (χ3v) is 3.37. The van der Waals surface area contributed by atoms with Gasteiger partial charge in [0.15, 0.2) is 0 Å². The first-order valence-electron chi connectivity index (χ1n) is 5.53. The fraction of sp³-hybridized carbons (Fsp3) is 0.818. The summed E-state index contributed by atoms with van der Waals surface area (Å²) in [6, 6.07) is -0.112. The van der Waals surface area contributed by atoms with E-state index in [1.807, 2.05) is 0 Å². The first kappa shape index (κ1) is 12.8. The first-order valence-corrected chi connectivity index (χ1v) is 5.53. The van der Waals surface area contributed by atoms with Gasteiger partial charge in [0.1, 0.15) is 5.54 Å². The highest BCUT2D eigenvalue weighted by Gasteiger charge is 2.37. The molecule has 0 radical (unpaired) electrons. The average molecular weight is 228 g/mol. The van der Waals surface area contributed by atoms with Crippen molar-refractivity contribution in [1.29, 1.82) is 0 Å². The SMILES string of the molecule is CC1CC(NC(=O)N(C)C(C)(C)C(=O)O)C1. The van der Waals surface area contributed by atoms with E-state index >= 15 is 0 Å². The molecule has 0 bridgehead atoms. The number of carbonyl (C=O) groups is 2. The van der Waals surface area contributed by atoms with Crippen LogP contribution in [0.2, 0.25) is 0 Å². The molecule has 2 N–H and O–H groups in total. The minimum Gasteiger partial charge on any atom is -0.480 e. The number of amides is 2. The van der Waals surface area contributed by atoms with E-state index in [2.05, 4.69) is 12.2 Å². The number of rotatable bonds is 3. The molecule has 1 fully saturated rings. The van der Waals surface area contributed by atoms with Gasteiger partial charge < -0.3 is 15.3 Å². The lowest BCUT2D eigenvalue weighted by molar-refractivity contribution is -0.146. The maximum absolute atomic E-state index is 11.8. The summed E-state index contributed by atoms with van der Waals surface area (Å²) in [5.74, 6) is -0.352. The van der Waals surface area contributed by atoms with Crippen molar-refractivity contribution in [3.8, 4) is 0 Å². The topological polar surface area (TPSA) is 69.6 Å². The molecule has 0 aromatic carbocycles. The average Bonchev–Trinajstić information content (AvgIpc) is 2.13. The first-order chi connectivity index (χ1) is 7.25. The highest BCUT2D eigenvalue weighted by molar-refractivity contribution is 5.85. The van der Waals surface area contributed by atoms with Crippen LogP contribution >= 0.6 is 0 Å². The molecule has 1 rings (SSSR count). The number of carboxylic acid groups (broad SMARTS) is 1. The van der Waals surface area contributed by atoms with Crippen molar-refractivity contribution in [3.05, 3.63) is 0 Å². The Balaban J connectivity index is 2.50. The smallest absolute Gasteiger partial charge is 0.329 e. The number of urea groups is 1. The van der Waals surface area contributed by atoms with Crippen LogP contribution in [0.5, 0.6) is 0 Å². The van der Waals surface area contributed by atoms with Gasteiger partial charge in [-0.25, -0.2) is 9.59 Å². The van der Waals surface area contributed by atoms with E-state index in [1.165, 1.54) is 25.8 Å². The molecule has 1 saturated carbocycles. The van der Waals surface area contributed by atoms with Crippen LogP contribution in [0.1, 0.15) is 33.6 Å². The van der Waals surface area contributed by atoms with Gasteiger partial charge in [0, 0.05) is 13.1 Å². The van der Waals surface area contributed by atoms with Crippen LogP contribution in [0.3, 0.4) is 0 Å². The molecule has 0 aliphatic heterocycles. The predicted molar refractivity (Wildman–Crippen MR) is 60.2 cm³/mol. The molecular formula is C11H20N2O3. The molecule has 0 aromatic heterocycles. The third kappa shape index (κ3) is 2.46. The minimum absolute atomic E-state index is 0.203. The lowest BCUT2D eigenvalue weighted by Gasteiger charge is -2.37. The van der Waals surface area contributed by atoms with Crippen LogP contribution in [0, 0.1) is 5.92 Å². The van der Waals surface area contributed by atoms with Crippen LogP contribution < -0.4 is 5.32 Å². The quantitative estimate of drug-likeness (QED) is 0.764. The predicted octanol–water partition coefficient (Wildman–Crippen LogP) is 1.29. The van der Waals surface area contributed by atoms with Gasteiger partial charge in [-0.1, -0.05) is 6.92 Å². The van der Waals surface area contributed by atoms with Crippen molar-refractivity contribution >= 4 is 12.0 Å². The molecular weight excluding hydrogens is 208 g/mol. The molecule has 1 aliphatic rings.